The summed E-state index contributed by atoms with van der Waals surface area (Å²) in [5, 5.41) is 11.7. The van der Waals surface area contributed by atoms with Crippen molar-refractivity contribution < 1.29 is 4.73 Å². The first kappa shape index (κ1) is 10.8. The van der Waals surface area contributed by atoms with Gasteiger partial charge in [-0.05, 0) is 18.9 Å². The van der Waals surface area contributed by atoms with E-state index in [-0.39, 0.29) is 0 Å². The third kappa shape index (κ3) is 2.34. The lowest BCUT2D eigenvalue weighted by atomic mass is 10.1. The zero-order valence-electron chi connectivity index (χ0n) is 9.24. The number of rotatable bonds is 2. The van der Waals surface area contributed by atoms with Gasteiger partial charge >= 0.3 is 0 Å². The molecule has 1 aromatic rings. The second-order valence-corrected chi connectivity index (χ2v) is 3.94. The molecule has 14 heavy (non-hydrogen) atoms. The normalized spacial score (nSPS) is 12.2. The van der Waals surface area contributed by atoms with Crippen LogP contribution in [0.15, 0.2) is 24.3 Å². The first-order chi connectivity index (χ1) is 6.52. The van der Waals surface area contributed by atoms with Gasteiger partial charge in [-0.1, -0.05) is 19.9 Å². The molecular weight excluding hydrogens is 174 g/mol. The maximum absolute atomic E-state index is 11.7. The van der Waals surface area contributed by atoms with Gasteiger partial charge in [0, 0.05) is 24.6 Å². The average Bonchev–Trinajstić information content (AvgIpc) is 2.08. The number of pyridine rings is 1. The molecule has 0 spiro atoms. The molecule has 76 valence electrons. The lowest BCUT2D eigenvalue weighted by Crippen LogP contribution is -2.34. The average molecular weight is 191 g/mol. The molecule has 0 atom stereocenters. The summed E-state index contributed by atoms with van der Waals surface area (Å²) in [5.74, 6) is 0.468. The second kappa shape index (κ2) is 4.27. The lowest BCUT2D eigenvalue weighted by Gasteiger charge is -2.07. The van der Waals surface area contributed by atoms with Crippen LogP contribution in [0.2, 0.25) is 0 Å². The fourth-order valence-corrected chi connectivity index (χ4v) is 1.48. The van der Waals surface area contributed by atoms with Gasteiger partial charge < -0.3 is 5.21 Å². The Kier molecular flexibility index (Phi) is 3.28. The SMILES string of the molecule is C/C(=C\C(C)C)c1cccc(C)[n+]1[O-]. The Balaban J connectivity index is 3.13. The largest absolute Gasteiger partial charge is 0.618 e. The van der Waals surface area contributed by atoms with Crippen molar-refractivity contribution in [2.24, 2.45) is 5.92 Å². The molecule has 0 radical (unpaired) electrons. The van der Waals surface area contributed by atoms with E-state index in [0.717, 1.165) is 21.7 Å². The van der Waals surface area contributed by atoms with Crippen LogP contribution in [-0.4, -0.2) is 0 Å². The molecule has 0 saturated carbocycles. The minimum atomic E-state index is 0.468. The summed E-state index contributed by atoms with van der Waals surface area (Å²) >= 11 is 0. The molecule has 0 N–H and O–H groups in total. The Bertz CT molecular complexity index is 353. The summed E-state index contributed by atoms with van der Waals surface area (Å²) in [5.41, 5.74) is 2.52. The predicted molar refractivity (Wildman–Crippen MR) is 58.6 cm³/mol. The summed E-state index contributed by atoms with van der Waals surface area (Å²) < 4.78 is 0.980. The summed E-state index contributed by atoms with van der Waals surface area (Å²) in [6.45, 7) is 8.01. The fraction of sp³-hybridized carbons (Fsp3) is 0.417. The van der Waals surface area contributed by atoms with Gasteiger partial charge in [-0.3, -0.25) is 0 Å². The summed E-state index contributed by atoms with van der Waals surface area (Å²) in [6.07, 6.45) is 2.10. The fourth-order valence-electron chi connectivity index (χ4n) is 1.48. The van der Waals surface area contributed by atoms with Crippen LogP contribution in [0.5, 0.6) is 0 Å². The van der Waals surface area contributed by atoms with Gasteiger partial charge in [0.15, 0.2) is 5.69 Å². The van der Waals surface area contributed by atoms with Crippen LogP contribution in [0.4, 0.5) is 0 Å². The monoisotopic (exact) mass is 191 g/mol. The number of nitrogens with zero attached hydrogens (tertiary/aromatic N) is 1. The molecule has 0 aromatic carbocycles. The molecule has 0 aliphatic rings. The van der Waals surface area contributed by atoms with E-state index in [4.69, 9.17) is 0 Å². The highest BCUT2D eigenvalue weighted by atomic mass is 16.5. The standard InChI is InChI=1S/C12H17NO/c1-9(2)8-10(3)12-7-5-6-11(4)13(12)14/h5-9H,1-4H3/b10-8+. The van der Waals surface area contributed by atoms with Gasteiger partial charge in [0.1, 0.15) is 0 Å². The minimum Gasteiger partial charge on any atom is -0.618 e. The van der Waals surface area contributed by atoms with Crippen LogP contribution in [0.3, 0.4) is 0 Å². The van der Waals surface area contributed by atoms with Crippen molar-refractivity contribution in [1.82, 2.24) is 0 Å². The van der Waals surface area contributed by atoms with Crippen LogP contribution in [0, 0.1) is 18.0 Å². The smallest absolute Gasteiger partial charge is 0.219 e. The molecule has 0 aliphatic carbocycles. The molecule has 0 fully saturated rings. The first-order valence-electron chi connectivity index (χ1n) is 4.90. The molecule has 2 heteroatoms. The maximum atomic E-state index is 11.7. The van der Waals surface area contributed by atoms with Gasteiger partial charge in [-0.25, -0.2) is 0 Å². The molecule has 0 amide bonds. The summed E-state index contributed by atoms with van der Waals surface area (Å²) in [6, 6.07) is 5.59. The van der Waals surface area contributed by atoms with Gasteiger partial charge in [0.05, 0.1) is 0 Å². The topological polar surface area (TPSA) is 26.9 Å². The van der Waals surface area contributed by atoms with Gasteiger partial charge in [0.2, 0.25) is 5.69 Å². The highest BCUT2D eigenvalue weighted by Gasteiger charge is 2.09. The van der Waals surface area contributed by atoms with Crippen molar-refractivity contribution >= 4 is 5.57 Å². The van der Waals surface area contributed by atoms with Crippen molar-refractivity contribution in [3.8, 4) is 0 Å². The van der Waals surface area contributed by atoms with E-state index in [1.165, 1.54) is 0 Å². The highest BCUT2D eigenvalue weighted by Crippen LogP contribution is 2.12. The van der Waals surface area contributed by atoms with Crippen LogP contribution in [0.25, 0.3) is 5.57 Å². The second-order valence-electron chi connectivity index (χ2n) is 3.94. The molecule has 0 saturated heterocycles. The van der Waals surface area contributed by atoms with Gasteiger partial charge in [-0.15, -0.1) is 0 Å². The van der Waals surface area contributed by atoms with E-state index >= 15 is 0 Å². The van der Waals surface area contributed by atoms with Crippen LogP contribution >= 0.6 is 0 Å². The Morgan fingerprint density at radius 3 is 2.64 bits per heavy atom. The Morgan fingerprint density at radius 2 is 2.07 bits per heavy atom. The van der Waals surface area contributed by atoms with Crippen LogP contribution < -0.4 is 4.73 Å². The van der Waals surface area contributed by atoms with Crippen molar-refractivity contribution in [2.45, 2.75) is 27.7 Å². The molecule has 0 aliphatic heterocycles. The van der Waals surface area contributed by atoms with E-state index in [2.05, 4.69) is 19.9 Å². The Morgan fingerprint density at radius 1 is 1.43 bits per heavy atom. The molecule has 0 unspecified atom stereocenters. The van der Waals surface area contributed by atoms with Gasteiger partial charge in [-0.2, -0.15) is 4.73 Å². The molecule has 1 aromatic heterocycles. The number of allylic oxidation sites excluding steroid dienone is 2. The summed E-state index contributed by atoms with van der Waals surface area (Å²) in [4.78, 5) is 0. The van der Waals surface area contributed by atoms with Crippen LogP contribution in [-0.2, 0) is 0 Å². The number of hydrogen-bond donors (Lipinski definition) is 0. The first-order valence-corrected chi connectivity index (χ1v) is 4.90. The molecule has 0 bridgehead atoms. The van der Waals surface area contributed by atoms with E-state index in [0.29, 0.717) is 5.92 Å². The van der Waals surface area contributed by atoms with Gasteiger partial charge in [0.25, 0.3) is 0 Å². The molecular formula is C12H17NO. The lowest BCUT2D eigenvalue weighted by molar-refractivity contribution is -0.614. The minimum absolute atomic E-state index is 0.468. The Labute approximate surface area is 85.5 Å². The predicted octanol–water partition coefficient (Wildman–Crippen LogP) is 2.69. The number of hydrogen-bond acceptors (Lipinski definition) is 1. The number of aromatic nitrogens is 1. The third-order valence-electron chi connectivity index (χ3n) is 2.12. The summed E-state index contributed by atoms with van der Waals surface area (Å²) in [7, 11) is 0. The van der Waals surface area contributed by atoms with E-state index in [1.807, 2.05) is 32.0 Å². The Hall–Kier alpha value is -1.31. The third-order valence-corrected chi connectivity index (χ3v) is 2.12. The van der Waals surface area contributed by atoms with Crippen molar-refractivity contribution in [3.05, 3.63) is 40.9 Å². The molecule has 1 rings (SSSR count). The van der Waals surface area contributed by atoms with Crippen molar-refractivity contribution in [1.29, 1.82) is 0 Å². The molecule has 1 heterocycles. The number of aryl methyl sites for hydroxylation is 1. The van der Waals surface area contributed by atoms with Crippen molar-refractivity contribution in [3.63, 3.8) is 0 Å². The highest BCUT2D eigenvalue weighted by molar-refractivity contribution is 5.58. The maximum Gasteiger partial charge on any atom is 0.219 e. The van der Waals surface area contributed by atoms with Crippen molar-refractivity contribution in [2.75, 3.05) is 0 Å². The quantitative estimate of drug-likeness (QED) is 0.521. The molecule has 2 nitrogen and oxygen atoms in total. The van der Waals surface area contributed by atoms with Crippen LogP contribution in [0.1, 0.15) is 32.2 Å². The van der Waals surface area contributed by atoms with E-state index in [1.54, 1.807) is 0 Å². The zero-order valence-corrected chi connectivity index (χ0v) is 9.24. The van der Waals surface area contributed by atoms with E-state index in [9.17, 15) is 5.21 Å². The van der Waals surface area contributed by atoms with E-state index < -0.39 is 0 Å². The zero-order chi connectivity index (χ0) is 10.7.